The molecule has 6 nitrogen and oxygen atoms in total. The number of aromatic nitrogens is 3. The van der Waals surface area contributed by atoms with Crippen LogP contribution in [0.3, 0.4) is 0 Å². The van der Waals surface area contributed by atoms with Crippen LogP contribution in [0.1, 0.15) is 30.1 Å². The SMILES string of the molecule is CNCc1cn(C2CCN(Cc3c(OC)ccc(F)c3F)CC2)nn1. The van der Waals surface area contributed by atoms with Crippen LogP contribution in [0, 0.1) is 11.6 Å². The number of rotatable bonds is 6. The molecule has 0 radical (unpaired) electrons. The first-order valence-corrected chi connectivity index (χ1v) is 8.41. The highest BCUT2D eigenvalue weighted by Crippen LogP contribution is 2.28. The van der Waals surface area contributed by atoms with E-state index in [0.29, 0.717) is 18.8 Å². The molecule has 0 unspecified atom stereocenters. The van der Waals surface area contributed by atoms with Crippen molar-refractivity contribution in [1.29, 1.82) is 0 Å². The predicted octanol–water partition coefficient (Wildman–Crippen LogP) is 2.12. The maximum Gasteiger partial charge on any atom is 0.167 e. The van der Waals surface area contributed by atoms with Crippen molar-refractivity contribution >= 4 is 0 Å². The van der Waals surface area contributed by atoms with Crippen molar-refractivity contribution in [2.75, 3.05) is 27.2 Å². The fourth-order valence-electron chi connectivity index (χ4n) is 3.23. The molecule has 1 aromatic heterocycles. The quantitative estimate of drug-likeness (QED) is 0.864. The van der Waals surface area contributed by atoms with Crippen molar-refractivity contribution in [2.24, 2.45) is 0 Å². The molecule has 2 aromatic rings. The third-order valence-electron chi connectivity index (χ3n) is 4.60. The average Bonchev–Trinajstić information content (AvgIpc) is 3.09. The van der Waals surface area contributed by atoms with E-state index in [1.807, 2.05) is 17.9 Å². The molecule has 25 heavy (non-hydrogen) atoms. The van der Waals surface area contributed by atoms with Gasteiger partial charge in [-0.3, -0.25) is 4.90 Å². The number of halogens is 2. The standard InChI is InChI=1S/C17H23F2N5O/c1-20-9-12-10-24(22-21-12)13-5-7-23(8-6-13)11-14-16(25-2)4-3-15(18)17(14)19/h3-4,10,13,20H,5-9,11H2,1-2H3. The van der Waals surface area contributed by atoms with Crippen molar-refractivity contribution < 1.29 is 13.5 Å². The molecule has 2 heterocycles. The van der Waals surface area contributed by atoms with Gasteiger partial charge < -0.3 is 10.1 Å². The van der Waals surface area contributed by atoms with Gasteiger partial charge in [-0.15, -0.1) is 5.10 Å². The van der Waals surface area contributed by atoms with Gasteiger partial charge in [0.15, 0.2) is 11.6 Å². The molecule has 0 saturated carbocycles. The normalized spacial score (nSPS) is 16.3. The second-order valence-corrected chi connectivity index (χ2v) is 6.27. The minimum absolute atomic E-state index is 0.276. The molecular weight excluding hydrogens is 328 g/mol. The molecular formula is C17H23F2N5O. The maximum atomic E-state index is 14.1. The van der Waals surface area contributed by atoms with E-state index in [1.165, 1.54) is 13.2 Å². The summed E-state index contributed by atoms with van der Waals surface area (Å²) in [5, 5.41) is 11.4. The summed E-state index contributed by atoms with van der Waals surface area (Å²) in [5.74, 6) is -1.28. The lowest BCUT2D eigenvalue weighted by Gasteiger charge is -2.32. The zero-order chi connectivity index (χ0) is 17.8. The second-order valence-electron chi connectivity index (χ2n) is 6.27. The van der Waals surface area contributed by atoms with E-state index < -0.39 is 11.6 Å². The largest absolute Gasteiger partial charge is 0.496 e. The molecule has 8 heteroatoms. The molecule has 0 atom stereocenters. The van der Waals surface area contributed by atoms with Gasteiger partial charge in [-0.05, 0) is 32.0 Å². The van der Waals surface area contributed by atoms with Crippen molar-refractivity contribution in [3.8, 4) is 5.75 Å². The number of benzene rings is 1. The van der Waals surface area contributed by atoms with E-state index in [9.17, 15) is 8.78 Å². The summed E-state index contributed by atoms with van der Waals surface area (Å²) in [6, 6.07) is 2.85. The summed E-state index contributed by atoms with van der Waals surface area (Å²) in [7, 11) is 3.34. The fourth-order valence-corrected chi connectivity index (χ4v) is 3.23. The Hall–Kier alpha value is -2.06. The van der Waals surface area contributed by atoms with Gasteiger partial charge >= 0.3 is 0 Å². The van der Waals surface area contributed by atoms with Crippen molar-refractivity contribution in [3.05, 3.63) is 41.2 Å². The lowest BCUT2D eigenvalue weighted by atomic mass is 10.0. The van der Waals surface area contributed by atoms with Gasteiger partial charge in [0.1, 0.15) is 5.75 Å². The molecule has 0 bridgehead atoms. The highest BCUT2D eigenvalue weighted by Gasteiger charge is 2.24. The summed E-state index contributed by atoms with van der Waals surface area (Å²) >= 11 is 0. The van der Waals surface area contributed by atoms with Crippen LogP contribution in [0.5, 0.6) is 5.75 Å². The van der Waals surface area contributed by atoms with Crippen LogP contribution in [0.4, 0.5) is 8.78 Å². The summed E-state index contributed by atoms with van der Waals surface area (Å²) in [5.41, 5.74) is 1.19. The van der Waals surface area contributed by atoms with Crippen LogP contribution in [0.25, 0.3) is 0 Å². The van der Waals surface area contributed by atoms with Gasteiger partial charge in [-0.2, -0.15) is 0 Å². The van der Waals surface area contributed by atoms with Gasteiger partial charge in [-0.25, -0.2) is 13.5 Å². The highest BCUT2D eigenvalue weighted by molar-refractivity contribution is 5.35. The van der Waals surface area contributed by atoms with Crippen LogP contribution in [-0.2, 0) is 13.1 Å². The number of hydrogen-bond acceptors (Lipinski definition) is 5. The van der Waals surface area contributed by atoms with E-state index in [2.05, 4.69) is 20.5 Å². The van der Waals surface area contributed by atoms with E-state index in [-0.39, 0.29) is 11.6 Å². The molecule has 1 aromatic carbocycles. The Morgan fingerprint density at radius 2 is 2.04 bits per heavy atom. The van der Waals surface area contributed by atoms with Crippen LogP contribution in [0.2, 0.25) is 0 Å². The number of ether oxygens (including phenoxy) is 1. The first-order chi connectivity index (χ1) is 12.1. The topological polar surface area (TPSA) is 55.2 Å². The predicted molar refractivity (Wildman–Crippen MR) is 89.2 cm³/mol. The molecule has 1 aliphatic heterocycles. The summed E-state index contributed by atoms with van der Waals surface area (Å²) in [6.45, 7) is 2.59. The smallest absolute Gasteiger partial charge is 0.167 e. The van der Waals surface area contributed by atoms with Gasteiger partial charge in [0.2, 0.25) is 0 Å². The molecule has 0 amide bonds. The molecule has 1 N–H and O–H groups in total. The molecule has 1 fully saturated rings. The zero-order valence-electron chi connectivity index (χ0n) is 14.5. The fraction of sp³-hybridized carbons (Fsp3) is 0.529. The lowest BCUT2D eigenvalue weighted by molar-refractivity contribution is 0.168. The summed E-state index contributed by atoms with van der Waals surface area (Å²) in [6.07, 6.45) is 3.75. The monoisotopic (exact) mass is 351 g/mol. The van der Waals surface area contributed by atoms with E-state index in [1.54, 1.807) is 0 Å². The van der Waals surface area contributed by atoms with Gasteiger partial charge in [0, 0.05) is 31.7 Å². The second kappa shape index (κ2) is 7.88. The zero-order valence-corrected chi connectivity index (χ0v) is 14.5. The van der Waals surface area contributed by atoms with Crippen LogP contribution >= 0.6 is 0 Å². The maximum absolute atomic E-state index is 14.1. The Morgan fingerprint density at radius 3 is 2.72 bits per heavy atom. The Balaban J connectivity index is 1.62. The minimum Gasteiger partial charge on any atom is -0.496 e. The van der Waals surface area contributed by atoms with Gasteiger partial charge in [0.25, 0.3) is 0 Å². The highest BCUT2D eigenvalue weighted by atomic mass is 19.2. The van der Waals surface area contributed by atoms with Gasteiger partial charge in [-0.1, -0.05) is 5.21 Å². The van der Waals surface area contributed by atoms with Gasteiger partial charge in [0.05, 0.1) is 25.0 Å². The molecule has 0 aliphatic carbocycles. The Labute approximate surface area is 145 Å². The van der Waals surface area contributed by atoms with Crippen LogP contribution in [-0.4, -0.2) is 47.1 Å². The molecule has 136 valence electrons. The number of piperidine rings is 1. The average molecular weight is 351 g/mol. The lowest BCUT2D eigenvalue weighted by Crippen LogP contribution is -2.34. The Bertz CT molecular complexity index is 713. The third kappa shape index (κ3) is 3.96. The molecule has 1 aliphatic rings. The van der Waals surface area contributed by atoms with E-state index >= 15 is 0 Å². The van der Waals surface area contributed by atoms with Crippen molar-refractivity contribution in [1.82, 2.24) is 25.2 Å². The number of nitrogens with zero attached hydrogens (tertiary/aromatic N) is 4. The number of nitrogens with one attached hydrogen (secondary N) is 1. The minimum atomic E-state index is -0.842. The number of methoxy groups -OCH3 is 1. The molecule has 1 saturated heterocycles. The summed E-state index contributed by atoms with van der Waals surface area (Å²) < 4.78 is 34.7. The van der Waals surface area contributed by atoms with Crippen LogP contribution < -0.4 is 10.1 Å². The van der Waals surface area contributed by atoms with Crippen molar-refractivity contribution in [3.63, 3.8) is 0 Å². The number of likely N-dealkylation sites (tertiary alicyclic amines) is 1. The first kappa shape index (κ1) is 17.8. The van der Waals surface area contributed by atoms with Crippen molar-refractivity contribution in [2.45, 2.75) is 32.0 Å². The van der Waals surface area contributed by atoms with E-state index in [0.717, 1.165) is 37.7 Å². The Morgan fingerprint density at radius 1 is 1.28 bits per heavy atom. The third-order valence-corrected chi connectivity index (χ3v) is 4.60. The molecule has 3 rings (SSSR count). The van der Waals surface area contributed by atoms with Crippen LogP contribution in [0.15, 0.2) is 18.3 Å². The number of hydrogen-bond donors (Lipinski definition) is 1. The molecule has 0 spiro atoms. The Kier molecular flexibility index (Phi) is 5.60. The van der Waals surface area contributed by atoms with E-state index in [4.69, 9.17) is 4.74 Å². The summed E-state index contributed by atoms with van der Waals surface area (Å²) in [4.78, 5) is 2.11. The first-order valence-electron chi connectivity index (χ1n) is 8.41.